The average Bonchev–Trinajstić information content (AvgIpc) is 2.47. The van der Waals surface area contributed by atoms with Crippen molar-refractivity contribution in [1.29, 1.82) is 5.26 Å². The number of hydrogen-bond donors (Lipinski definition) is 0. The molecule has 0 amide bonds. The first-order chi connectivity index (χ1) is 9.58. The SMILES string of the molecule is CCCS(=O)(=O)c1ccc(-c2ccccc2)nc1C#N. The van der Waals surface area contributed by atoms with Gasteiger partial charge < -0.3 is 0 Å². The van der Waals surface area contributed by atoms with Gasteiger partial charge in [-0.15, -0.1) is 0 Å². The van der Waals surface area contributed by atoms with Crippen LogP contribution in [0.5, 0.6) is 0 Å². The molecule has 2 aromatic rings. The van der Waals surface area contributed by atoms with Crippen LogP contribution in [0.2, 0.25) is 0 Å². The summed E-state index contributed by atoms with van der Waals surface area (Å²) >= 11 is 0. The lowest BCUT2D eigenvalue weighted by atomic mass is 10.1. The summed E-state index contributed by atoms with van der Waals surface area (Å²) in [7, 11) is -3.44. The minimum Gasteiger partial charge on any atom is -0.236 e. The molecule has 0 spiro atoms. The summed E-state index contributed by atoms with van der Waals surface area (Å²) in [6.45, 7) is 1.79. The third kappa shape index (κ3) is 2.86. The monoisotopic (exact) mass is 286 g/mol. The molecule has 20 heavy (non-hydrogen) atoms. The molecule has 2 rings (SSSR count). The lowest BCUT2D eigenvalue weighted by Crippen LogP contribution is -2.09. The number of nitriles is 1. The smallest absolute Gasteiger partial charge is 0.181 e. The van der Waals surface area contributed by atoms with Gasteiger partial charge in [-0.1, -0.05) is 37.3 Å². The van der Waals surface area contributed by atoms with E-state index in [4.69, 9.17) is 5.26 Å². The molecule has 0 fully saturated rings. The van der Waals surface area contributed by atoms with Crippen molar-refractivity contribution in [3.05, 3.63) is 48.2 Å². The van der Waals surface area contributed by atoms with Gasteiger partial charge in [0.15, 0.2) is 15.5 Å². The van der Waals surface area contributed by atoms with E-state index in [0.717, 1.165) is 5.56 Å². The van der Waals surface area contributed by atoms with Crippen molar-refractivity contribution < 1.29 is 8.42 Å². The Morgan fingerprint density at radius 3 is 2.45 bits per heavy atom. The highest BCUT2D eigenvalue weighted by molar-refractivity contribution is 7.91. The van der Waals surface area contributed by atoms with Gasteiger partial charge in [-0.25, -0.2) is 13.4 Å². The molecule has 0 N–H and O–H groups in total. The standard InChI is InChI=1S/C15H14N2O2S/c1-2-10-20(18,19)15-9-8-13(17-14(15)11-16)12-6-4-3-5-7-12/h3-9H,2,10H2,1H3. The summed E-state index contributed by atoms with van der Waals surface area (Å²) in [5, 5.41) is 9.14. The van der Waals surface area contributed by atoms with Gasteiger partial charge in [0, 0.05) is 5.56 Å². The molecule has 0 radical (unpaired) electrons. The molecule has 1 heterocycles. The summed E-state index contributed by atoms with van der Waals surface area (Å²) in [5.74, 6) is 0.0219. The van der Waals surface area contributed by atoms with Crippen LogP contribution < -0.4 is 0 Å². The maximum atomic E-state index is 12.1. The van der Waals surface area contributed by atoms with Crippen LogP contribution in [0.3, 0.4) is 0 Å². The van der Waals surface area contributed by atoms with Crippen molar-refractivity contribution >= 4 is 9.84 Å². The molecule has 0 atom stereocenters. The van der Waals surface area contributed by atoms with Crippen molar-refractivity contribution in [2.75, 3.05) is 5.75 Å². The summed E-state index contributed by atoms with van der Waals surface area (Å²) in [6, 6.07) is 14.3. The van der Waals surface area contributed by atoms with E-state index in [9.17, 15) is 8.42 Å². The van der Waals surface area contributed by atoms with Crippen LogP contribution in [-0.2, 0) is 9.84 Å². The molecule has 1 aromatic heterocycles. The summed E-state index contributed by atoms with van der Waals surface area (Å²) in [5.41, 5.74) is 1.40. The van der Waals surface area contributed by atoms with E-state index in [1.165, 1.54) is 6.07 Å². The Labute approximate surface area is 118 Å². The largest absolute Gasteiger partial charge is 0.236 e. The van der Waals surface area contributed by atoms with E-state index < -0.39 is 9.84 Å². The number of benzene rings is 1. The van der Waals surface area contributed by atoms with Crippen molar-refractivity contribution in [3.8, 4) is 17.3 Å². The van der Waals surface area contributed by atoms with Crippen molar-refractivity contribution in [1.82, 2.24) is 4.98 Å². The van der Waals surface area contributed by atoms with E-state index in [2.05, 4.69) is 4.98 Å². The van der Waals surface area contributed by atoms with Crippen LogP contribution in [0, 0.1) is 11.3 Å². The Hall–Kier alpha value is -2.19. The predicted molar refractivity (Wildman–Crippen MR) is 76.7 cm³/mol. The number of nitrogens with zero attached hydrogens (tertiary/aromatic N) is 2. The minimum atomic E-state index is -3.44. The first kappa shape index (κ1) is 14.2. The highest BCUT2D eigenvalue weighted by Gasteiger charge is 2.19. The predicted octanol–water partition coefficient (Wildman–Crippen LogP) is 2.80. The van der Waals surface area contributed by atoms with E-state index >= 15 is 0 Å². The van der Waals surface area contributed by atoms with Crippen LogP contribution in [-0.4, -0.2) is 19.2 Å². The second kappa shape index (κ2) is 5.85. The van der Waals surface area contributed by atoms with Gasteiger partial charge in [-0.2, -0.15) is 5.26 Å². The van der Waals surface area contributed by atoms with Crippen LogP contribution in [0.25, 0.3) is 11.3 Å². The number of aromatic nitrogens is 1. The molecule has 0 aliphatic rings. The Kier molecular flexibility index (Phi) is 4.16. The molecule has 0 unspecified atom stereocenters. The van der Waals surface area contributed by atoms with Gasteiger partial charge in [-0.05, 0) is 18.6 Å². The van der Waals surface area contributed by atoms with Crippen LogP contribution in [0.1, 0.15) is 19.0 Å². The number of hydrogen-bond acceptors (Lipinski definition) is 4. The maximum Gasteiger partial charge on any atom is 0.181 e. The molecule has 0 aliphatic heterocycles. The second-order valence-corrected chi connectivity index (χ2v) is 6.42. The zero-order valence-electron chi connectivity index (χ0n) is 11.1. The topological polar surface area (TPSA) is 70.8 Å². The second-order valence-electron chi connectivity index (χ2n) is 4.34. The zero-order valence-corrected chi connectivity index (χ0v) is 11.9. The number of rotatable bonds is 4. The molecule has 5 heteroatoms. The van der Waals surface area contributed by atoms with E-state index in [1.807, 2.05) is 36.4 Å². The number of sulfone groups is 1. The fourth-order valence-corrected chi connectivity index (χ4v) is 3.34. The van der Waals surface area contributed by atoms with E-state index in [-0.39, 0.29) is 16.3 Å². The Bertz CT molecular complexity index is 747. The lowest BCUT2D eigenvalue weighted by Gasteiger charge is -2.07. The highest BCUT2D eigenvalue weighted by atomic mass is 32.2. The first-order valence-corrected chi connectivity index (χ1v) is 7.93. The molecule has 1 aromatic carbocycles. The summed E-state index contributed by atoms with van der Waals surface area (Å²) in [6.07, 6.45) is 0.508. The molecule has 0 saturated carbocycles. The van der Waals surface area contributed by atoms with Crippen molar-refractivity contribution in [3.63, 3.8) is 0 Å². The quantitative estimate of drug-likeness (QED) is 0.866. The molecule has 4 nitrogen and oxygen atoms in total. The summed E-state index contributed by atoms with van der Waals surface area (Å²) in [4.78, 5) is 4.18. The lowest BCUT2D eigenvalue weighted by molar-refractivity contribution is 0.594. The highest BCUT2D eigenvalue weighted by Crippen LogP contribution is 2.22. The van der Waals surface area contributed by atoms with Gasteiger partial charge in [-0.3, -0.25) is 0 Å². The van der Waals surface area contributed by atoms with Crippen LogP contribution >= 0.6 is 0 Å². The zero-order chi connectivity index (χ0) is 14.6. The fourth-order valence-electron chi connectivity index (χ4n) is 1.93. The maximum absolute atomic E-state index is 12.1. The van der Waals surface area contributed by atoms with Gasteiger partial charge in [0.2, 0.25) is 0 Å². The Morgan fingerprint density at radius 2 is 1.85 bits per heavy atom. The average molecular weight is 286 g/mol. The summed E-state index contributed by atoms with van der Waals surface area (Å²) < 4.78 is 24.1. The van der Waals surface area contributed by atoms with Gasteiger partial charge >= 0.3 is 0 Å². The van der Waals surface area contributed by atoms with Gasteiger partial charge in [0.25, 0.3) is 0 Å². The molecule has 0 aliphatic carbocycles. The van der Waals surface area contributed by atoms with E-state index in [0.29, 0.717) is 12.1 Å². The van der Waals surface area contributed by atoms with Gasteiger partial charge in [0.05, 0.1) is 11.4 Å². The molecule has 0 saturated heterocycles. The molecule has 0 bridgehead atoms. The van der Waals surface area contributed by atoms with Crippen molar-refractivity contribution in [2.24, 2.45) is 0 Å². The van der Waals surface area contributed by atoms with Crippen molar-refractivity contribution in [2.45, 2.75) is 18.2 Å². The van der Waals surface area contributed by atoms with E-state index in [1.54, 1.807) is 13.0 Å². The molecular weight excluding hydrogens is 272 g/mol. The third-order valence-corrected chi connectivity index (χ3v) is 4.79. The first-order valence-electron chi connectivity index (χ1n) is 6.28. The minimum absolute atomic E-state index is 0.0153. The Balaban J connectivity index is 2.53. The molecule has 102 valence electrons. The van der Waals surface area contributed by atoms with Crippen LogP contribution in [0.4, 0.5) is 0 Å². The number of pyridine rings is 1. The fraction of sp³-hybridized carbons (Fsp3) is 0.200. The third-order valence-electron chi connectivity index (χ3n) is 2.84. The Morgan fingerprint density at radius 1 is 1.15 bits per heavy atom. The molecular formula is C15H14N2O2S. The normalized spacial score (nSPS) is 11.0. The van der Waals surface area contributed by atoms with Gasteiger partial charge in [0.1, 0.15) is 11.0 Å². The van der Waals surface area contributed by atoms with Crippen LogP contribution in [0.15, 0.2) is 47.4 Å².